The monoisotopic (exact) mass is 1750 g/mol. The van der Waals surface area contributed by atoms with Crippen LogP contribution in [0.2, 0.25) is 5.02 Å². The van der Waals surface area contributed by atoms with Gasteiger partial charge in [0.05, 0.1) is 67.7 Å². The van der Waals surface area contributed by atoms with E-state index in [9.17, 15) is 28.4 Å². The molecule has 17 rings (SSSR count). The highest BCUT2D eigenvalue weighted by Gasteiger charge is 2.20. The number of nitrogens with zero attached hydrogens (tertiary/aromatic N) is 7. The van der Waals surface area contributed by atoms with Crippen LogP contribution in [0.4, 0.5) is 32.8 Å². The second-order valence-corrected chi connectivity index (χ2v) is 33.4. The normalized spacial score (nSPS) is 11.9. The van der Waals surface area contributed by atoms with Crippen molar-refractivity contribution in [2.24, 2.45) is 0 Å². The lowest BCUT2D eigenvalue weighted by atomic mass is 10.0. The Kier molecular flexibility index (Phi) is 32.8. The molecule has 5 N–H and O–H groups in total. The zero-order chi connectivity index (χ0) is 85.3. The first-order valence-corrected chi connectivity index (χ1v) is 44.3. The molecule has 0 aliphatic carbocycles. The van der Waals surface area contributed by atoms with Crippen LogP contribution in [0.15, 0.2) is 295 Å². The summed E-state index contributed by atoms with van der Waals surface area (Å²) in [5.41, 5.74) is 15.3. The molecule has 1 saturated heterocycles. The van der Waals surface area contributed by atoms with Gasteiger partial charge >= 0.3 is 0 Å². The third-order valence-electron chi connectivity index (χ3n) is 19.3. The quantitative estimate of drug-likeness (QED) is 0.0317. The third kappa shape index (κ3) is 28.2. The molecule has 0 radical (unpaired) electrons. The highest BCUT2D eigenvalue weighted by atomic mass is 35.5. The van der Waals surface area contributed by atoms with Gasteiger partial charge < -0.3 is 50.6 Å². The molecule has 0 atom stereocenters. The zero-order valence-electron chi connectivity index (χ0n) is 67.4. The van der Waals surface area contributed by atoms with Crippen LogP contribution in [0.3, 0.4) is 0 Å². The average molecular weight is 1750 g/mol. The van der Waals surface area contributed by atoms with Crippen LogP contribution in [0.5, 0.6) is 17.2 Å². The maximum atomic E-state index is 12.8. The van der Waals surface area contributed by atoms with Crippen molar-refractivity contribution in [3.05, 3.63) is 339 Å². The van der Waals surface area contributed by atoms with E-state index in [4.69, 9.17) is 25.8 Å². The fourth-order valence-corrected chi connectivity index (χ4v) is 17.5. The molecular formula is C96H88ClFN12O8S5. The Morgan fingerprint density at radius 2 is 0.740 bits per heavy atom. The number of aromatic nitrogens is 5. The van der Waals surface area contributed by atoms with Gasteiger partial charge in [-0.2, -0.15) is 0 Å². The molecule has 20 nitrogen and oxygen atoms in total. The number of unbranched alkanes of at least 4 members (excludes halogenated alkanes) is 1. The highest BCUT2D eigenvalue weighted by molar-refractivity contribution is 7.15. The number of thiophene rings is 5. The van der Waals surface area contributed by atoms with Crippen molar-refractivity contribution in [2.45, 2.75) is 51.4 Å². The minimum absolute atomic E-state index is 0.000258. The zero-order valence-corrected chi connectivity index (χ0v) is 72.2. The van der Waals surface area contributed by atoms with Gasteiger partial charge in [0, 0.05) is 151 Å². The summed E-state index contributed by atoms with van der Waals surface area (Å²) < 4.78 is 28.6. The number of carbonyl (C=O) groups is 5. The number of fused-ring (bicyclic) bond motifs is 1. The van der Waals surface area contributed by atoms with Crippen LogP contribution in [-0.2, 0) is 62.5 Å². The number of likely N-dealkylation sites (N-methyl/N-ethyl adjacent to an activating group) is 1. The van der Waals surface area contributed by atoms with Gasteiger partial charge in [-0.15, -0.1) is 56.7 Å². The van der Waals surface area contributed by atoms with Crippen molar-refractivity contribution in [1.82, 2.24) is 34.7 Å². The van der Waals surface area contributed by atoms with Crippen LogP contribution in [0.25, 0.3) is 52.2 Å². The molecule has 624 valence electrons. The SMILES string of the molecule is CN1CCN(CCCCc2cccc(CC(=O)Nc3csc(-c4ccncc4)c3)c2)CC1.COc1cccc(CC(=O)Nc2csc(-c3ccncc3)c2)c1.O=C(Cc1cc2c(cc1Cl)OCO2)Nc1csc(-c2ccncc2)c1.O=C(Cc1ccc(F)cc1)Nc1csc(-c2ccncc2)c1.O=C(Cc1ccccc1)Nc1csc(-c2ccncc2)c1. The minimum atomic E-state index is -0.302. The van der Waals surface area contributed by atoms with Gasteiger partial charge in [-0.05, 0) is 215 Å². The molecule has 10 aromatic heterocycles. The number of carbonyl (C=O) groups excluding carboxylic acids is 5. The first kappa shape index (κ1) is 88.0. The van der Waals surface area contributed by atoms with Gasteiger partial charge in [0.2, 0.25) is 36.3 Å². The van der Waals surface area contributed by atoms with E-state index in [2.05, 4.69) is 86.6 Å². The number of rotatable bonds is 26. The third-order valence-corrected chi connectivity index (χ3v) is 24.5. The van der Waals surface area contributed by atoms with Crippen molar-refractivity contribution < 1.29 is 42.6 Å². The van der Waals surface area contributed by atoms with Gasteiger partial charge in [-0.1, -0.05) is 90.5 Å². The van der Waals surface area contributed by atoms with E-state index in [0.29, 0.717) is 41.3 Å². The molecule has 0 spiro atoms. The van der Waals surface area contributed by atoms with Gasteiger partial charge in [-0.3, -0.25) is 48.9 Å². The molecule has 0 saturated carbocycles. The van der Waals surface area contributed by atoms with E-state index in [-0.39, 0.29) is 55.0 Å². The van der Waals surface area contributed by atoms with Gasteiger partial charge in [-0.25, -0.2) is 4.39 Å². The predicted molar refractivity (Wildman–Crippen MR) is 496 cm³/mol. The molecule has 15 aromatic rings. The molecule has 5 aromatic carbocycles. The van der Waals surface area contributed by atoms with Crippen LogP contribution < -0.4 is 40.8 Å². The predicted octanol–water partition coefficient (Wildman–Crippen LogP) is 21.1. The Morgan fingerprint density at radius 1 is 0.390 bits per heavy atom. The Hall–Kier alpha value is -12.8. The minimum Gasteiger partial charge on any atom is -0.497 e. The summed E-state index contributed by atoms with van der Waals surface area (Å²) in [6.45, 7) is 6.11. The Bertz CT molecular complexity index is 5880. The molecule has 0 bridgehead atoms. The highest BCUT2D eigenvalue weighted by Crippen LogP contribution is 2.39. The standard InChI is InChI=1S/C26H32N4OS.C18H13ClN2O3S.C18H16N2O2S.C17H13FN2OS.C17H14N2OS/c1-29-13-15-30(16-14-29)12-3-2-5-21-6-4-7-22(17-21)18-26(31)28-24-19-25(32-20-24)23-8-10-27-11-9-23;19-14-8-16-15(23-10-24-16)5-12(14)6-18(22)21-13-7-17(25-9-13)11-1-3-20-4-2-11;1-22-16-4-2-3-13(9-16)10-18(21)20-15-11-17(23-12-15)14-5-7-19-8-6-14;18-14-3-1-12(2-4-14)9-17(21)20-15-10-16(22-11-15)13-5-7-19-8-6-13;20-17(10-13-4-2-1-3-5-13)19-15-11-16(21-12-15)14-6-8-18-9-7-14/h4,6-11,17,19-20H,2-3,5,12-16,18H2,1H3,(H,28,31);1-5,7-9H,6,10H2,(H,21,22);2-9,11-12H,10H2,1H3,(H,20,21);1-8,10-11H,9H2,(H,20,21);1-9,11-12H,10H2,(H,19,20). The van der Waals surface area contributed by atoms with Crippen molar-refractivity contribution in [1.29, 1.82) is 0 Å². The number of ether oxygens (including phenoxy) is 3. The molecule has 27 heteroatoms. The first-order valence-electron chi connectivity index (χ1n) is 39.5. The second kappa shape index (κ2) is 45.8. The van der Waals surface area contributed by atoms with Crippen LogP contribution in [0, 0.1) is 5.82 Å². The number of halogens is 2. The number of methoxy groups -OCH3 is 1. The molecule has 2 aliphatic rings. The average Bonchev–Trinajstić information content (AvgIpc) is 1.73. The van der Waals surface area contributed by atoms with Crippen LogP contribution in [0.1, 0.15) is 46.2 Å². The number of nitrogens with one attached hydrogen (secondary N) is 5. The number of amides is 5. The lowest BCUT2D eigenvalue weighted by molar-refractivity contribution is -0.116. The first-order chi connectivity index (χ1) is 60.1. The number of piperazine rings is 1. The molecule has 2 aliphatic heterocycles. The molecule has 12 heterocycles. The number of aryl methyl sites for hydroxylation is 1. The summed E-state index contributed by atoms with van der Waals surface area (Å²) in [5, 5.41) is 24.9. The molecule has 5 amide bonds. The summed E-state index contributed by atoms with van der Waals surface area (Å²) in [5.74, 6) is 1.39. The number of anilines is 5. The summed E-state index contributed by atoms with van der Waals surface area (Å²) in [6, 6.07) is 64.5. The van der Waals surface area contributed by atoms with Crippen molar-refractivity contribution >= 4 is 126 Å². The van der Waals surface area contributed by atoms with Gasteiger partial charge in [0.15, 0.2) is 11.5 Å². The van der Waals surface area contributed by atoms with Crippen LogP contribution in [-0.4, -0.2) is 118 Å². The lowest BCUT2D eigenvalue weighted by Gasteiger charge is -2.32. The Balaban J connectivity index is 0.000000133. The second-order valence-electron chi connectivity index (χ2n) is 28.5. The van der Waals surface area contributed by atoms with E-state index < -0.39 is 0 Å². The Morgan fingerprint density at radius 3 is 1.15 bits per heavy atom. The van der Waals surface area contributed by atoms with E-state index in [1.165, 1.54) is 63.3 Å². The summed E-state index contributed by atoms with van der Waals surface area (Å²) >= 11 is 14.2. The van der Waals surface area contributed by atoms with Crippen molar-refractivity contribution in [2.75, 3.05) is 80.3 Å². The smallest absolute Gasteiger partial charge is 0.231 e. The Labute approximate surface area is 738 Å². The molecular weight excluding hydrogens is 1660 g/mol. The fourth-order valence-electron chi connectivity index (χ4n) is 13.0. The summed E-state index contributed by atoms with van der Waals surface area (Å²) in [4.78, 5) is 91.6. The van der Waals surface area contributed by atoms with Crippen molar-refractivity contribution in [3.8, 4) is 69.5 Å². The van der Waals surface area contributed by atoms with E-state index in [0.717, 1.165) is 115 Å². The maximum Gasteiger partial charge on any atom is 0.231 e. The molecule has 123 heavy (non-hydrogen) atoms. The van der Waals surface area contributed by atoms with E-state index in [1.54, 1.807) is 150 Å². The number of hydrogen-bond donors (Lipinski definition) is 5. The number of benzene rings is 5. The maximum absolute atomic E-state index is 12.8. The van der Waals surface area contributed by atoms with Gasteiger partial charge in [0.1, 0.15) is 11.6 Å². The number of pyridine rings is 5. The van der Waals surface area contributed by atoms with Crippen LogP contribution >= 0.6 is 68.3 Å². The van der Waals surface area contributed by atoms with E-state index in [1.807, 2.05) is 179 Å². The largest absolute Gasteiger partial charge is 0.497 e. The lowest BCUT2D eigenvalue weighted by Crippen LogP contribution is -2.44. The van der Waals surface area contributed by atoms with Crippen molar-refractivity contribution in [3.63, 3.8) is 0 Å². The topological polar surface area (TPSA) is 244 Å². The summed E-state index contributed by atoms with van der Waals surface area (Å²) in [6.07, 6.45) is 22.6. The van der Waals surface area contributed by atoms with Gasteiger partial charge in [0.25, 0.3) is 0 Å². The fraction of sp³-hybridized carbons (Fsp3) is 0.167. The number of hydrogen-bond acceptors (Lipinski definition) is 20. The molecule has 0 unspecified atom stereocenters. The summed E-state index contributed by atoms with van der Waals surface area (Å²) in [7, 11) is 3.82. The molecule has 1 fully saturated rings. The van der Waals surface area contributed by atoms with E-state index >= 15 is 0 Å².